The van der Waals surface area contributed by atoms with Crippen molar-refractivity contribution in [3.8, 4) is 5.69 Å². The molecule has 0 radical (unpaired) electrons. The smallest absolute Gasteiger partial charge is 0.124 e. The molecule has 0 amide bonds. The van der Waals surface area contributed by atoms with Gasteiger partial charge in [-0.3, -0.25) is 4.98 Å². The molecule has 2 heterocycles. The van der Waals surface area contributed by atoms with E-state index in [4.69, 9.17) is 0 Å². The van der Waals surface area contributed by atoms with Crippen LogP contribution in [0.15, 0.2) is 55.0 Å². The number of pyridine rings is 1. The van der Waals surface area contributed by atoms with Gasteiger partial charge >= 0.3 is 0 Å². The van der Waals surface area contributed by atoms with Crippen LogP contribution in [0.4, 0.5) is 0 Å². The molecule has 20 heavy (non-hydrogen) atoms. The molecule has 1 unspecified atom stereocenters. The zero-order chi connectivity index (χ0) is 13.9. The van der Waals surface area contributed by atoms with E-state index in [-0.39, 0.29) is 0 Å². The Hall–Kier alpha value is -2.53. The molecular weight excluding hydrogens is 252 g/mol. The summed E-state index contributed by atoms with van der Waals surface area (Å²) < 4.78 is 1.63. The van der Waals surface area contributed by atoms with E-state index in [1.807, 2.05) is 43.3 Å². The second-order valence-electron chi connectivity index (χ2n) is 4.60. The monoisotopic (exact) mass is 266 g/mol. The van der Waals surface area contributed by atoms with Gasteiger partial charge in [-0.05, 0) is 24.6 Å². The molecule has 1 atom stereocenters. The fourth-order valence-corrected chi connectivity index (χ4v) is 2.10. The van der Waals surface area contributed by atoms with Crippen molar-refractivity contribution >= 4 is 0 Å². The first kappa shape index (κ1) is 12.5. The van der Waals surface area contributed by atoms with Crippen molar-refractivity contribution in [2.75, 3.05) is 0 Å². The van der Waals surface area contributed by atoms with Crippen molar-refractivity contribution in [3.05, 3.63) is 71.8 Å². The Bertz CT molecular complexity index is 709. The lowest BCUT2D eigenvalue weighted by Gasteiger charge is -2.12. The van der Waals surface area contributed by atoms with Gasteiger partial charge in [-0.2, -0.15) is 0 Å². The van der Waals surface area contributed by atoms with Crippen molar-refractivity contribution in [1.82, 2.24) is 20.0 Å². The zero-order valence-electron chi connectivity index (χ0n) is 11.0. The van der Waals surface area contributed by atoms with Crippen LogP contribution in [0.5, 0.6) is 0 Å². The maximum absolute atomic E-state index is 10.5. The minimum Gasteiger partial charge on any atom is -0.382 e. The molecule has 5 nitrogen and oxygen atoms in total. The van der Waals surface area contributed by atoms with Gasteiger partial charge in [0, 0.05) is 18.0 Å². The molecule has 0 aliphatic rings. The number of nitrogens with zero attached hydrogens (tertiary/aromatic N) is 4. The van der Waals surface area contributed by atoms with E-state index in [9.17, 15) is 5.11 Å². The van der Waals surface area contributed by atoms with E-state index in [0.717, 1.165) is 16.8 Å². The largest absolute Gasteiger partial charge is 0.382 e. The fraction of sp³-hybridized carbons (Fsp3) is 0.133. The summed E-state index contributed by atoms with van der Waals surface area (Å²) in [6.45, 7) is 1.94. The number of para-hydroxylation sites is 1. The van der Waals surface area contributed by atoms with Crippen LogP contribution in [-0.2, 0) is 0 Å². The van der Waals surface area contributed by atoms with Crippen LogP contribution in [0.1, 0.15) is 22.9 Å². The third-order valence-electron chi connectivity index (χ3n) is 3.07. The van der Waals surface area contributed by atoms with Crippen LogP contribution >= 0.6 is 0 Å². The predicted molar refractivity (Wildman–Crippen MR) is 74.4 cm³/mol. The number of aryl methyl sites for hydroxylation is 1. The van der Waals surface area contributed by atoms with Crippen LogP contribution in [0.2, 0.25) is 0 Å². The lowest BCUT2D eigenvalue weighted by molar-refractivity contribution is 0.211. The summed E-state index contributed by atoms with van der Waals surface area (Å²) in [5, 5.41) is 18.4. The van der Waals surface area contributed by atoms with Gasteiger partial charge in [-0.15, -0.1) is 5.10 Å². The van der Waals surface area contributed by atoms with Gasteiger partial charge < -0.3 is 5.11 Å². The lowest BCUT2D eigenvalue weighted by atomic mass is 10.1. The Morgan fingerprint density at radius 1 is 1.10 bits per heavy atom. The minimum absolute atomic E-state index is 0.614. The number of rotatable bonds is 3. The molecule has 100 valence electrons. The third-order valence-corrected chi connectivity index (χ3v) is 3.07. The van der Waals surface area contributed by atoms with Crippen LogP contribution in [0, 0.1) is 6.92 Å². The van der Waals surface area contributed by atoms with Gasteiger partial charge in [-0.1, -0.05) is 29.5 Å². The predicted octanol–water partition coefficient (Wildman–Crippen LogP) is 2.05. The first-order chi connectivity index (χ1) is 9.75. The summed E-state index contributed by atoms with van der Waals surface area (Å²) in [6, 6.07) is 11.5. The number of hydrogen-bond donors (Lipinski definition) is 1. The van der Waals surface area contributed by atoms with Gasteiger partial charge in [0.15, 0.2) is 0 Å². The molecule has 0 fully saturated rings. The molecule has 0 saturated carbocycles. The number of hydrogen-bond acceptors (Lipinski definition) is 4. The normalized spacial score (nSPS) is 12.3. The molecule has 1 N–H and O–H groups in total. The Labute approximate surface area is 116 Å². The summed E-state index contributed by atoms with van der Waals surface area (Å²) >= 11 is 0. The van der Waals surface area contributed by atoms with E-state index in [0.29, 0.717) is 5.69 Å². The first-order valence-electron chi connectivity index (χ1n) is 6.31. The summed E-state index contributed by atoms with van der Waals surface area (Å²) in [6.07, 6.45) is 4.17. The van der Waals surface area contributed by atoms with Gasteiger partial charge in [0.05, 0.1) is 17.6 Å². The standard InChI is InChI=1S/C15H14N4O/c1-11-7-12(9-16-8-11)15(20)14-10-17-18-19(14)13-5-3-2-4-6-13/h2-10,15,20H,1H3. The average Bonchev–Trinajstić information content (AvgIpc) is 2.97. The van der Waals surface area contributed by atoms with Gasteiger partial charge in [0.1, 0.15) is 6.10 Å². The van der Waals surface area contributed by atoms with E-state index in [1.165, 1.54) is 0 Å². The highest BCUT2D eigenvalue weighted by Gasteiger charge is 2.17. The highest BCUT2D eigenvalue weighted by Crippen LogP contribution is 2.23. The quantitative estimate of drug-likeness (QED) is 0.788. The molecule has 3 aromatic rings. The molecule has 2 aromatic heterocycles. The molecule has 3 rings (SSSR count). The molecule has 0 aliphatic carbocycles. The van der Waals surface area contributed by atoms with Crippen LogP contribution in [0.25, 0.3) is 5.69 Å². The van der Waals surface area contributed by atoms with Gasteiger partial charge in [0.2, 0.25) is 0 Å². The summed E-state index contributed by atoms with van der Waals surface area (Å²) in [7, 11) is 0. The Balaban J connectivity index is 2.02. The molecular formula is C15H14N4O. The molecule has 5 heteroatoms. The fourth-order valence-electron chi connectivity index (χ4n) is 2.10. The maximum Gasteiger partial charge on any atom is 0.124 e. The van der Waals surface area contributed by atoms with E-state index < -0.39 is 6.10 Å². The molecule has 1 aromatic carbocycles. The minimum atomic E-state index is -0.808. The third kappa shape index (κ3) is 2.31. The second-order valence-corrected chi connectivity index (χ2v) is 4.60. The highest BCUT2D eigenvalue weighted by molar-refractivity contribution is 5.34. The topological polar surface area (TPSA) is 63.8 Å². The first-order valence-corrected chi connectivity index (χ1v) is 6.31. The van der Waals surface area contributed by atoms with Crippen molar-refractivity contribution < 1.29 is 5.11 Å². The van der Waals surface area contributed by atoms with Crippen LogP contribution < -0.4 is 0 Å². The van der Waals surface area contributed by atoms with E-state index in [1.54, 1.807) is 23.3 Å². The van der Waals surface area contributed by atoms with Crippen LogP contribution in [0.3, 0.4) is 0 Å². The van der Waals surface area contributed by atoms with Crippen molar-refractivity contribution in [2.45, 2.75) is 13.0 Å². The zero-order valence-corrected chi connectivity index (χ0v) is 11.0. The van der Waals surface area contributed by atoms with Crippen molar-refractivity contribution in [3.63, 3.8) is 0 Å². The summed E-state index contributed by atoms with van der Waals surface area (Å²) in [5.74, 6) is 0. The average molecular weight is 266 g/mol. The molecule has 0 saturated heterocycles. The Morgan fingerprint density at radius 3 is 2.65 bits per heavy atom. The van der Waals surface area contributed by atoms with E-state index >= 15 is 0 Å². The number of aromatic nitrogens is 4. The second kappa shape index (κ2) is 5.22. The maximum atomic E-state index is 10.5. The SMILES string of the molecule is Cc1cncc(C(O)c2cnnn2-c2ccccc2)c1. The number of aliphatic hydroxyl groups excluding tert-OH is 1. The Morgan fingerprint density at radius 2 is 1.90 bits per heavy atom. The molecule has 0 spiro atoms. The number of benzene rings is 1. The molecule has 0 aliphatic heterocycles. The highest BCUT2D eigenvalue weighted by atomic mass is 16.3. The van der Waals surface area contributed by atoms with Gasteiger partial charge in [-0.25, -0.2) is 4.68 Å². The summed E-state index contributed by atoms with van der Waals surface area (Å²) in [4.78, 5) is 4.11. The Kier molecular flexibility index (Phi) is 3.26. The van der Waals surface area contributed by atoms with Crippen molar-refractivity contribution in [1.29, 1.82) is 0 Å². The van der Waals surface area contributed by atoms with Crippen molar-refractivity contribution in [2.24, 2.45) is 0 Å². The van der Waals surface area contributed by atoms with Gasteiger partial charge in [0.25, 0.3) is 0 Å². The lowest BCUT2D eigenvalue weighted by Crippen LogP contribution is -2.09. The van der Waals surface area contributed by atoms with E-state index in [2.05, 4.69) is 15.3 Å². The molecule has 0 bridgehead atoms. The number of aliphatic hydroxyl groups is 1. The summed E-state index contributed by atoms with van der Waals surface area (Å²) in [5.41, 5.74) is 3.20. The van der Waals surface area contributed by atoms with Crippen LogP contribution in [-0.4, -0.2) is 25.1 Å².